The van der Waals surface area contributed by atoms with E-state index in [-0.39, 0.29) is 58.3 Å². The molecule has 12 heteroatoms. The lowest BCUT2D eigenvalue weighted by Gasteiger charge is -2.58. The molecule has 0 heterocycles. The van der Waals surface area contributed by atoms with Gasteiger partial charge in [0, 0.05) is 43.4 Å². The van der Waals surface area contributed by atoms with E-state index in [1.54, 1.807) is 0 Å². The molecule has 0 aliphatic heterocycles. The molecule has 222 valence electrons. The number of ether oxygens (including phenoxy) is 2. The molecule has 5 aliphatic rings. The number of ketones is 3. The average molecular weight is 587 g/mol. The summed E-state index contributed by atoms with van der Waals surface area (Å²) in [7, 11) is -5.74. The molecule has 5 aliphatic carbocycles. The summed E-state index contributed by atoms with van der Waals surface area (Å²) in [6.45, 7) is 3.57. The highest BCUT2D eigenvalue weighted by Gasteiger charge is 2.68. The minimum absolute atomic E-state index is 0.0421. The molecule has 40 heavy (non-hydrogen) atoms. The predicted octanol–water partition coefficient (Wildman–Crippen LogP) is 3.91. The molecular formula is C28H36F2O9S. The van der Waals surface area contributed by atoms with Crippen LogP contribution in [0, 0.1) is 46.3 Å². The zero-order valence-corrected chi connectivity index (χ0v) is 23.7. The molecule has 0 radical (unpaired) electrons. The summed E-state index contributed by atoms with van der Waals surface area (Å²) in [5, 5.41) is -4.64. The lowest BCUT2D eigenvalue weighted by Crippen LogP contribution is -2.60. The Balaban J connectivity index is 1.39. The van der Waals surface area contributed by atoms with Gasteiger partial charge >= 0.3 is 21.3 Å². The van der Waals surface area contributed by atoms with Crippen molar-refractivity contribution in [3.05, 3.63) is 11.3 Å². The van der Waals surface area contributed by atoms with E-state index in [1.807, 2.05) is 6.92 Å². The first-order valence-corrected chi connectivity index (χ1v) is 15.4. The van der Waals surface area contributed by atoms with E-state index in [4.69, 9.17) is 9.29 Å². The van der Waals surface area contributed by atoms with E-state index < -0.39 is 40.0 Å². The van der Waals surface area contributed by atoms with Gasteiger partial charge in [-0.1, -0.05) is 20.8 Å². The van der Waals surface area contributed by atoms with E-state index in [0.29, 0.717) is 57.1 Å². The summed E-state index contributed by atoms with van der Waals surface area (Å²) in [4.78, 5) is 52.0. The minimum Gasteiger partial charge on any atom is -0.486 e. The van der Waals surface area contributed by atoms with Crippen LogP contribution in [0.2, 0.25) is 0 Å². The third-order valence-corrected chi connectivity index (χ3v) is 11.9. The van der Waals surface area contributed by atoms with Crippen molar-refractivity contribution in [1.29, 1.82) is 0 Å². The molecule has 9 nitrogen and oxygen atoms in total. The largest absolute Gasteiger partial charge is 0.486 e. The predicted molar refractivity (Wildman–Crippen MR) is 135 cm³/mol. The monoisotopic (exact) mass is 586 g/mol. The maximum atomic E-state index is 14.0. The van der Waals surface area contributed by atoms with Crippen LogP contribution in [0.1, 0.15) is 72.1 Å². The Morgan fingerprint density at radius 3 is 2.45 bits per heavy atom. The molecular weight excluding hydrogens is 550 g/mol. The number of esters is 1. The second-order valence-corrected chi connectivity index (χ2v) is 14.5. The summed E-state index contributed by atoms with van der Waals surface area (Å²) in [5.74, 6) is -1.12. The van der Waals surface area contributed by atoms with Gasteiger partial charge in [-0.25, -0.2) is 4.79 Å². The molecule has 0 unspecified atom stereocenters. The van der Waals surface area contributed by atoms with Gasteiger partial charge in [-0.05, 0) is 59.8 Å². The molecule has 0 saturated heterocycles. The molecule has 1 N–H and O–H groups in total. The van der Waals surface area contributed by atoms with Gasteiger partial charge in [-0.3, -0.25) is 18.9 Å². The number of carbonyl (C=O) groups excluding carboxylic acids is 4. The maximum absolute atomic E-state index is 14.0. The lowest BCUT2D eigenvalue weighted by atomic mass is 9.44. The van der Waals surface area contributed by atoms with Crippen LogP contribution in [0.3, 0.4) is 0 Å². The van der Waals surface area contributed by atoms with Gasteiger partial charge in [0.25, 0.3) is 0 Å². The van der Waals surface area contributed by atoms with Crippen molar-refractivity contribution in [2.45, 2.75) is 77.4 Å². The molecule has 0 aromatic heterocycles. The number of hydrogen-bond donors (Lipinski definition) is 1. The number of allylic oxidation sites excluding steroid dienone is 2. The first-order chi connectivity index (χ1) is 18.5. The fraction of sp³-hybridized carbons (Fsp3) is 0.786. The van der Waals surface area contributed by atoms with Crippen molar-refractivity contribution in [3.63, 3.8) is 0 Å². The quantitative estimate of drug-likeness (QED) is 0.362. The van der Waals surface area contributed by atoms with Crippen molar-refractivity contribution in [2.24, 2.45) is 46.3 Å². The van der Waals surface area contributed by atoms with Crippen molar-refractivity contribution in [3.8, 4) is 0 Å². The van der Waals surface area contributed by atoms with Gasteiger partial charge in [-0.2, -0.15) is 17.2 Å². The van der Waals surface area contributed by atoms with E-state index in [0.717, 1.165) is 5.57 Å². The molecule has 4 fully saturated rings. The zero-order chi connectivity index (χ0) is 29.4. The molecule has 4 saturated carbocycles. The SMILES string of the molecule is C[C@@H]1CCC(OCC(=O)OCC(F)(F)S(=O)(=O)O)=C2C[C@H]3[C@@H]4C(=O)C[C@@H]5CC(=O)CC[C@]5(C)[C@H]4CC(=O)[C@]3(C)[C@H]21. The Morgan fingerprint density at radius 1 is 1.07 bits per heavy atom. The fourth-order valence-corrected chi connectivity index (χ4v) is 9.07. The summed E-state index contributed by atoms with van der Waals surface area (Å²) in [6.07, 6.45) is 3.75. The van der Waals surface area contributed by atoms with Crippen LogP contribution in [0.25, 0.3) is 0 Å². The molecule has 0 aromatic rings. The standard InChI is InChI=1S/C28H36F2O9S/c1-14-4-5-21(38-12-23(34)39-13-28(29,30)40(35,36)37)17-10-19-24-18(11-22(33)27(19,3)25(14)17)26(2)7-6-16(31)8-15(26)9-20(24)32/h14-15,18-19,24-25H,4-13H2,1-3H3,(H,35,36,37)/t14-,15+,18+,19+,24-,25+,26+,27-/m1/s1. The lowest BCUT2D eigenvalue weighted by molar-refractivity contribution is -0.166. The fourth-order valence-electron chi connectivity index (χ4n) is 8.86. The Morgan fingerprint density at radius 2 is 1.77 bits per heavy atom. The normalized spacial score (nSPS) is 39.7. The van der Waals surface area contributed by atoms with Crippen molar-refractivity contribution < 1.29 is 50.4 Å². The third-order valence-electron chi connectivity index (χ3n) is 11.0. The number of carbonyl (C=O) groups is 4. The van der Waals surface area contributed by atoms with Crippen molar-refractivity contribution in [1.82, 2.24) is 0 Å². The van der Waals surface area contributed by atoms with Gasteiger partial charge in [0.15, 0.2) is 13.2 Å². The van der Waals surface area contributed by atoms with Crippen LogP contribution in [-0.4, -0.2) is 54.8 Å². The summed E-state index contributed by atoms with van der Waals surface area (Å²) in [5.41, 5.74) is -0.174. The van der Waals surface area contributed by atoms with Crippen molar-refractivity contribution >= 4 is 33.4 Å². The Kier molecular flexibility index (Phi) is 7.08. The number of halogens is 2. The van der Waals surface area contributed by atoms with E-state index in [9.17, 15) is 36.4 Å². The Bertz CT molecular complexity index is 1290. The summed E-state index contributed by atoms with van der Waals surface area (Å²) >= 11 is 0. The molecule has 0 bridgehead atoms. The zero-order valence-electron chi connectivity index (χ0n) is 22.9. The second-order valence-electron chi connectivity index (χ2n) is 13.0. The molecule has 8 atom stereocenters. The number of Topliss-reactive ketones (excluding diaryl/α,β-unsaturated/α-hetero) is 3. The first-order valence-electron chi connectivity index (χ1n) is 13.9. The first kappa shape index (κ1) is 29.3. The number of fused-ring (bicyclic) bond motifs is 7. The van der Waals surface area contributed by atoms with E-state index in [1.165, 1.54) is 0 Å². The Hall–Kier alpha value is -2.21. The molecule has 0 aromatic carbocycles. The number of alkyl halides is 2. The third kappa shape index (κ3) is 4.44. The minimum atomic E-state index is -5.74. The van der Waals surface area contributed by atoms with Crippen LogP contribution in [0.15, 0.2) is 11.3 Å². The smallest absolute Gasteiger partial charge is 0.402 e. The van der Waals surface area contributed by atoms with Crippen molar-refractivity contribution in [2.75, 3.05) is 13.2 Å². The van der Waals surface area contributed by atoms with E-state index >= 15 is 0 Å². The van der Waals surface area contributed by atoms with Crippen LogP contribution < -0.4 is 0 Å². The molecule has 0 spiro atoms. The van der Waals surface area contributed by atoms with Crippen LogP contribution in [0.4, 0.5) is 8.78 Å². The highest BCUT2D eigenvalue weighted by atomic mass is 32.2. The van der Waals surface area contributed by atoms with Gasteiger partial charge in [0.2, 0.25) is 0 Å². The molecule has 0 amide bonds. The number of rotatable bonds is 6. The average Bonchev–Trinajstić information content (AvgIpc) is 3.19. The highest BCUT2D eigenvalue weighted by Crippen LogP contribution is 2.68. The Labute approximate surface area is 232 Å². The van der Waals surface area contributed by atoms with Gasteiger partial charge < -0.3 is 9.47 Å². The summed E-state index contributed by atoms with van der Waals surface area (Å²) in [6, 6.07) is 0. The maximum Gasteiger partial charge on any atom is 0.402 e. The highest BCUT2D eigenvalue weighted by molar-refractivity contribution is 7.86. The van der Waals surface area contributed by atoms with Crippen LogP contribution in [0.5, 0.6) is 0 Å². The van der Waals surface area contributed by atoms with Gasteiger partial charge in [0.05, 0.1) is 5.76 Å². The second kappa shape index (κ2) is 9.68. The van der Waals surface area contributed by atoms with Crippen LogP contribution in [-0.2, 0) is 38.8 Å². The van der Waals surface area contributed by atoms with Crippen LogP contribution >= 0.6 is 0 Å². The van der Waals surface area contributed by atoms with Gasteiger partial charge in [0.1, 0.15) is 17.3 Å². The summed E-state index contributed by atoms with van der Waals surface area (Å²) < 4.78 is 67.0. The molecule has 5 rings (SSSR count). The number of hydrogen-bond acceptors (Lipinski definition) is 8. The van der Waals surface area contributed by atoms with E-state index in [2.05, 4.69) is 18.6 Å². The van der Waals surface area contributed by atoms with Gasteiger partial charge in [-0.15, -0.1) is 0 Å². The topological polar surface area (TPSA) is 141 Å².